The van der Waals surface area contributed by atoms with Gasteiger partial charge in [0, 0.05) is 48.9 Å². The number of aromatic carboxylic acids is 1. The summed E-state index contributed by atoms with van der Waals surface area (Å²) in [5.74, 6) is -1.25. The average Bonchev–Trinajstić information content (AvgIpc) is 2.89. The van der Waals surface area contributed by atoms with Crippen molar-refractivity contribution in [2.75, 3.05) is 38.1 Å². The van der Waals surface area contributed by atoms with E-state index >= 15 is 0 Å². The maximum absolute atomic E-state index is 12.5. The van der Waals surface area contributed by atoms with Gasteiger partial charge in [0.2, 0.25) is 5.88 Å². The first-order valence-corrected chi connectivity index (χ1v) is 11.7. The number of nitrogens with zero attached hydrogens (tertiary/aromatic N) is 3. The highest BCUT2D eigenvalue weighted by Crippen LogP contribution is 2.28. The molecule has 0 spiro atoms. The van der Waals surface area contributed by atoms with Crippen molar-refractivity contribution < 1.29 is 15.0 Å². The molecule has 8 nitrogen and oxygen atoms in total. The summed E-state index contributed by atoms with van der Waals surface area (Å²) in [5.41, 5.74) is 3.66. The summed E-state index contributed by atoms with van der Waals surface area (Å²) in [6, 6.07) is 19.7. The Hall–Kier alpha value is -4.43. The number of likely N-dealkylation sites (N-methyl/N-ethyl adjacent to an activating group) is 1. The number of carboxylic acids is 1. The number of rotatable bonds is 5. The summed E-state index contributed by atoms with van der Waals surface area (Å²) in [5, 5.41) is 20.7. The monoisotopic (exact) mass is 482 g/mol. The van der Waals surface area contributed by atoms with Gasteiger partial charge in [0.05, 0.1) is 16.8 Å². The number of hydrogen-bond donors (Lipinski definition) is 3. The van der Waals surface area contributed by atoms with E-state index in [-0.39, 0.29) is 11.4 Å². The Morgan fingerprint density at radius 1 is 0.917 bits per heavy atom. The predicted molar refractivity (Wildman–Crippen MR) is 142 cm³/mol. The molecule has 0 amide bonds. The van der Waals surface area contributed by atoms with Crippen molar-refractivity contribution in [1.29, 1.82) is 0 Å². The third-order valence-corrected chi connectivity index (χ3v) is 6.57. The predicted octanol–water partition coefficient (Wildman–Crippen LogP) is 4.10. The van der Waals surface area contributed by atoms with Crippen LogP contribution in [-0.4, -0.2) is 65.5 Å². The molecular weight excluding hydrogens is 456 g/mol. The van der Waals surface area contributed by atoms with E-state index in [1.807, 2.05) is 24.3 Å². The van der Waals surface area contributed by atoms with Gasteiger partial charge in [0.1, 0.15) is 0 Å². The number of carboxylic acid groups (broad SMARTS) is 1. The van der Waals surface area contributed by atoms with E-state index in [1.54, 1.807) is 36.5 Å². The highest BCUT2D eigenvalue weighted by atomic mass is 16.4. The van der Waals surface area contributed by atoms with E-state index in [2.05, 4.69) is 26.8 Å². The van der Waals surface area contributed by atoms with Crippen molar-refractivity contribution in [3.63, 3.8) is 0 Å². The molecule has 0 saturated carbocycles. The average molecular weight is 483 g/mol. The number of aromatic amines is 1. The first-order chi connectivity index (χ1) is 17.4. The minimum atomic E-state index is -0.994. The number of aromatic nitrogens is 1. The van der Waals surface area contributed by atoms with Crippen LogP contribution in [0.3, 0.4) is 0 Å². The summed E-state index contributed by atoms with van der Waals surface area (Å²) < 4.78 is 0. The topological polar surface area (TPSA) is 109 Å². The van der Waals surface area contributed by atoms with Crippen molar-refractivity contribution in [1.82, 2.24) is 9.88 Å². The summed E-state index contributed by atoms with van der Waals surface area (Å²) in [7, 11) is 2.13. The molecule has 1 fully saturated rings. The number of anilines is 1. The summed E-state index contributed by atoms with van der Waals surface area (Å²) in [6.07, 6.45) is 1.55. The number of aromatic hydroxyl groups is 1. The molecule has 0 radical (unpaired) electrons. The van der Waals surface area contributed by atoms with E-state index < -0.39 is 11.5 Å². The van der Waals surface area contributed by atoms with Crippen LogP contribution in [0.25, 0.3) is 21.9 Å². The molecule has 0 atom stereocenters. The fraction of sp³-hybridized carbons (Fsp3) is 0.179. The molecule has 1 aliphatic rings. The molecule has 3 N–H and O–H groups in total. The lowest BCUT2D eigenvalue weighted by Gasteiger charge is -2.34. The normalized spacial score (nSPS) is 14.5. The molecule has 182 valence electrons. The maximum atomic E-state index is 12.5. The standard InChI is InChI=1S/C28H26N4O4/c1-31-12-14-32(15-13-31)22-9-7-21(8-10-22)29-17-25-24-16-20(6-11-23(24)26(33)30-27(25)34)18-2-4-19(5-3-18)28(35)36/h2-11,16-17H,12-15H2,1H3,(H,35,36)(H2,30,33,34). The number of hydrogen-bond acceptors (Lipinski definition) is 6. The molecule has 1 saturated heterocycles. The van der Waals surface area contributed by atoms with Gasteiger partial charge in [-0.1, -0.05) is 18.2 Å². The highest BCUT2D eigenvalue weighted by Gasteiger charge is 2.14. The third-order valence-electron chi connectivity index (χ3n) is 6.57. The van der Waals surface area contributed by atoms with Gasteiger partial charge in [-0.3, -0.25) is 14.8 Å². The Balaban J connectivity index is 1.46. The number of carbonyl (C=O) groups is 1. The zero-order valence-corrected chi connectivity index (χ0v) is 19.8. The van der Waals surface area contributed by atoms with Crippen LogP contribution in [0, 0.1) is 0 Å². The van der Waals surface area contributed by atoms with Gasteiger partial charge in [-0.15, -0.1) is 0 Å². The molecule has 2 heterocycles. The summed E-state index contributed by atoms with van der Waals surface area (Å²) in [4.78, 5) is 35.3. The van der Waals surface area contributed by atoms with Crippen LogP contribution in [0.15, 0.2) is 76.5 Å². The van der Waals surface area contributed by atoms with Crippen LogP contribution < -0.4 is 10.5 Å². The van der Waals surface area contributed by atoms with Crippen LogP contribution in [0.1, 0.15) is 15.9 Å². The number of fused-ring (bicyclic) bond motifs is 1. The number of pyridine rings is 1. The highest BCUT2D eigenvalue weighted by molar-refractivity contribution is 6.03. The third kappa shape index (κ3) is 4.71. The lowest BCUT2D eigenvalue weighted by Crippen LogP contribution is -2.44. The van der Waals surface area contributed by atoms with Crippen LogP contribution in [0.5, 0.6) is 5.88 Å². The molecule has 1 aromatic heterocycles. The first kappa shape index (κ1) is 23.3. The van der Waals surface area contributed by atoms with Gasteiger partial charge in [0.25, 0.3) is 5.56 Å². The van der Waals surface area contributed by atoms with Crippen LogP contribution in [0.2, 0.25) is 0 Å². The molecular formula is C28H26N4O4. The molecule has 1 aliphatic heterocycles. The Labute approximate surface area is 207 Å². The lowest BCUT2D eigenvalue weighted by atomic mass is 9.99. The molecule has 0 aliphatic carbocycles. The molecule has 0 unspecified atom stereocenters. The second kappa shape index (κ2) is 9.67. The van der Waals surface area contributed by atoms with Gasteiger partial charge < -0.3 is 20.0 Å². The van der Waals surface area contributed by atoms with Gasteiger partial charge >= 0.3 is 5.97 Å². The van der Waals surface area contributed by atoms with E-state index in [4.69, 9.17) is 5.11 Å². The second-order valence-corrected chi connectivity index (χ2v) is 8.92. The summed E-state index contributed by atoms with van der Waals surface area (Å²) >= 11 is 0. The molecule has 4 aromatic rings. The number of aliphatic imine (C=N–C) groups is 1. The fourth-order valence-electron chi connectivity index (χ4n) is 4.40. The maximum Gasteiger partial charge on any atom is 0.335 e. The zero-order chi connectivity index (χ0) is 25.2. The smallest absolute Gasteiger partial charge is 0.335 e. The van der Waals surface area contributed by atoms with Crippen molar-refractivity contribution in [3.8, 4) is 17.0 Å². The van der Waals surface area contributed by atoms with E-state index in [0.29, 0.717) is 16.3 Å². The second-order valence-electron chi connectivity index (χ2n) is 8.92. The number of piperazine rings is 1. The zero-order valence-electron chi connectivity index (χ0n) is 19.8. The van der Waals surface area contributed by atoms with Gasteiger partial charge in [0.15, 0.2) is 0 Å². The van der Waals surface area contributed by atoms with E-state index in [1.165, 1.54) is 12.1 Å². The molecule has 0 bridgehead atoms. The van der Waals surface area contributed by atoms with Crippen molar-refractivity contribution in [2.24, 2.45) is 4.99 Å². The van der Waals surface area contributed by atoms with Crippen LogP contribution in [0.4, 0.5) is 11.4 Å². The van der Waals surface area contributed by atoms with E-state index in [9.17, 15) is 14.7 Å². The minimum Gasteiger partial charge on any atom is -0.494 e. The van der Waals surface area contributed by atoms with Crippen LogP contribution in [-0.2, 0) is 0 Å². The molecule has 3 aromatic carbocycles. The van der Waals surface area contributed by atoms with Crippen molar-refractivity contribution in [3.05, 3.63) is 88.2 Å². The Morgan fingerprint density at radius 3 is 2.25 bits per heavy atom. The number of nitrogens with one attached hydrogen (secondary N) is 1. The summed E-state index contributed by atoms with van der Waals surface area (Å²) in [6.45, 7) is 4.03. The fourth-order valence-corrected chi connectivity index (χ4v) is 4.40. The Morgan fingerprint density at radius 2 is 1.58 bits per heavy atom. The lowest BCUT2D eigenvalue weighted by molar-refractivity contribution is 0.0697. The van der Waals surface area contributed by atoms with Crippen molar-refractivity contribution >= 4 is 34.3 Å². The largest absolute Gasteiger partial charge is 0.494 e. The van der Waals surface area contributed by atoms with Gasteiger partial charge in [-0.05, 0) is 66.7 Å². The molecule has 8 heteroatoms. The van der Waals surface area contributed by atoms with Gasteiger partial charge in [-0.2, -0.15) is 0 Å². The minimum absolute atomic E-state index is 0.195. The quantitative estimate of drug-likeness (QED) is 0.370. The number of benzene rings is 3. The molecule has 5 rings (SSSR count). The van der Waals surface area contributed by atoms with E-state index in [0.717, 1.165) is 48.7 Å². The Kier molecular flexibility index (Phi) is 6.26. The van der Waals surface area contributed by atoms with Crippen LogP contribution >= 0.6 is 0 Å². The number of H-pyrrole nitrogens is 1. The molecule has 36 heavy (non-hydrogen) atoms. The Bertz CT molecular complexity index is 1500. The first-order valence-electron chi connectivity index (χ1n) is 11.7. The van der Waals surface area contributed by atoms with Crippen molar-refractivity contribution in [2.45, 2.75) is 0 Å². The SMILES string of the molecule is CN1CCN(c2ccc(N=Cc3c(O)[nH]c(=O)c4ccc(-c5ccc(C(=O)O)cc5)cc34)cc2)CC1. The van der Waals surface area contributed by atoms with Gasteiger partial charge in [-0.25, -0.2) is 4.79 Å².